The fourth-order valence-corrected chi connectivity index (χ4v) is 13.5. The van der Waals surface area contributed by atoms with Crippen molar-refractivity contribution in [3.8, 4) is 0 Å². The lowest BCUT2D eigenvalue weighted by Crippen LogP contribution is -2.66. The summed E-state index contributed by atoms with van der Waals surface area (Å²) >= 11 is 0. The SMILES string of the molecule is CCCCCCCC/C=C\CCCCCCCCCCCC(=O)NC(COC1OC(CO)C(OC2OC(CO)C(OC3OC(CO)C(O)C(O)C3O)C(O)C2O)C(O)C1O)C(O)/C=C/CC/C=C/CCCCCCCCCCCCCCCCCCCCCCCCCCCCC. The third kappa shape index (κ3) is 40.0. The molecule has 0 spiro atoms. The van der Waals surface area contributed by atoms with E-state index in [4.69, 9.17) is 28.4 Å². The van der Waals surface area contributed by atoms with E-state index in [9.17, 15) is 61.0 Å². The Bertz CT molecular complexity index is 1900. The summed E-state index contributed by atoms with van der Waals surface area (Å²) in [6, 6.07) is -0.992. The molecular formula is C78H145NO18. The fraction of sp³-hybridized carbons (Fsp3) is 0.910. The Kier molecular flexibility index (Phi) is 54.6. The summed E-state index contributed by atoms with van der Waals surface area (Å²) < 4.78 is 34.4. The van der Waals surface area contributed by atoms with Crippen molar-refractivity contribution in [2.24, 2.45) is 0 Å². The first-order valence-electron chi connectivity index (χ1n) is 39.7. The lowest BCUT2D eigenvalue weighted by atomic mass is 9.96. The van der Waals surface area contributed by atoms with Crippen LogP contribution in [0, 0.1) is 0 Å². The molecule has 17 atom stereocenters. The molecule has 3 rings (SSSR count). The molecule has 3 aliphatic heterocycles. The van der Waals surface area contributed by atoms with Gasteiger partial charge in [-0.2, -0.15) is 0 Å². The molecule has 0 aromatic carbocycles. The summed E-state index contributed by atoms with van der Waals surface area (Å²) in [7, 11) is 0. The summed E-state index contributed by atoms with van der Waals surface area (Å²) in [5.41, 5.74) is 0. The predicted molar refractivity (Wildman–Crippen MR) is 383 cm³/mol. The summed E-state index contributed by atoms with van der Waals surface area (Å²) in [6.45, 7) is 1.75. The summed E-state index contributed by atoms with van der Waals surface area (Å²) in [6.07, 6.45) is 45.8. The lowest BCUT2D eigenvalue weighted by molar-refractivity contribution is -0.379. The first-order valence-corrected chi connectivity index (χ1v) is 39.7. The molecule has 19 heteroatoms. The standard InChI is InChI=1S/C78H145NO18/c1-3-5-7-9-11-13-15-17-19-21-23-24-25-26-27-28-29-30-31-32-33-34-35-36-38-39-41-43-45-47-49-51-53-55-62(83)61(79-66(84)56-54-52-50-48-46-44-42-40-37-22-20-18-16-14-12-10-8-6-4-2)60-92-76-72(90)69(87)74(64(58-81)94-76)97-78-73(91)70(88)75(65(59-82)95-78)96-77-71(89)68(86)67(85)63(57-80)93-77/h18,20,45,47,53,55,61-65,67-78,80-83,85-91H,3-17,19,21-44,46,48-52,54,56-60H2,1-2H3,(H,79,84)/b20-18-,47-45+,55-53+. The number of allylic oxidation sites excluding steroid dienone is 5. The number of hydrogen-bond donors (Lipinski definition) is 12. The number of rotatable bonds is 63. The average Bonchev–Trinajstić information content (AvgIpc) is 0.795. The topological polar surface area (TPSA) is 307 Å². The Hall–Kier alpha value is -1.99. The van der Waals surface area contributed by atoms with Crippen molar-refractivity contribution in [2.45, 2.75) is 426 Å². The molecule has 97 heavy (non-hydrogen) atoms. The highest BCUT2D eigenvalue weighted by atomic mass is 16.8. The molecule has 3 saturated heterocycles. The van der Waals surface area contributed by atoms with Crippen LogP contribution < -0.4 is 5.32 Å². The van der Waals surface area contributed by atoms with Crippen LogP contribution in [0.15, 0.2) is 36.5 Å². The molecule has 0 saturated carbocycles. The molecule has 3 heterocycles. The van der Waals surface area contributed by atoms with Crippen LogP contribution in [0.1, 0.15) is 322 Å². The molecule has 19 nitrogen and oxygen atoms in total. The van der Waals surface area contributed by atoms with Gasteiger partial charge in [0.1, 0.15) is 73.2 Å². The number of carbonyl (C=O) groups is 1. The van der Waals surface area contributed by atoms with E-state index in [1.807, 2.05) is 6.08 Å². The Morgan fingerprint density at radius 2 is 0.660 bits per heavy atom. The van der Waals surface area contributed by atoms with E-state index in [-0.39, 0.29) is 18.9 Å². The lowest BCUT2D eigenvalue weighted by Gasteiger charge is -2.48. The molecule has 0 aromatic rings. The van der Waals surface area contributed by atoms with Crippen LogP contribution in [0.4, 0.5) is 0 Å². The average molecular weight is 1390 g/mol. The van der Waals surface area contributed by atoms with Gasteiger partial charge in [0, 0.05) is 6.42 Å². The highest BCUT2D eigenvalue weighted by Gasteiger charge is 2.53. The number of aliphatic hydroxyl groups is 11. The van der Waals surface area contributed by atoms with E-state index >= 15 is 0 Å². The van der Waals surface area contributed by atoms with E-state index in [2.05, 4.69) is 43.5 Å². The predicted octanol–water partition coefficient (Wildman–Crippen LogP) is 12.7. The summed E-state index contributed by atoms with van der Waals surface area (Å²) in [4.78, 5) is 13.4. The summed E-state index contributed by atoms with van der Waals surface area (Å²) in [5.74, 6) is -0.284. The minimum absolute atomic E-state index is 0.234. The molecule has 17 unspecified atom stereocenters. The van der Waals surface area contributed by atoms with Crippen molar-refractivity contribution >= 4 is 5.91 Å². The van der Waals surface area contributed by atoms with Gasteiger partial charge in [0.05, 0.1) is 38.6 Å². The van der Waals surface area contributed by atoms with Gasteiger partial charge in [0.25, 0.3) is 0 Å². The number of ether oxygens (including phenoxy) is 6. The van der Waals surface area contributed by atoms with Gasteiger partial charge in [0.2, 0.25) is 5.91 Å². The van der Waals surface area contributed by atoms with Crippen LogP contribution in [0.25, 0.3) is 0 Å². The molecule has 570 valence electrons. The van der Waals surface area contributed by atoms with Gasteiger partial charge >= 0.3 is 0 Å². The summed E-state index contributed by atoms with van der Waals surface area (Å²) in [5, 5.41) is 121. The number of nitrogens with one attached hydrogen (secondary N) is 1. The smallest absolute Gasteiger partial charge is 0.220 e. The maximum absolute atomic E-state index is 13.4. The maximum Gasteiger partial charge on any atom is 0.220 e. The van der Waals surface area contributed by atoms with Crippen LogP contribution in [-0.2, 0) is 33.2 Å². The number of carbonyl (C=O) groups excluding carboxylic acids is 1. The zero-order valence-corrected chi connectivity index (χ0v) is 60.8. The molecular weight excluding hydrogens is 1240 g/mol. The highest BCUT2D eigenvalue weighted by molar-refractivity contribution is 5.76. The van der Waals surface area contributed by atoms with Crippen molar-refractivity contribution in [2.75, 3.05) is 26.4 Å². The third-order valence-electron chi connectivity index (χ3n) is 19.9. The van der Waals surface area contributed by atoms with Gasteiger partial charge in [-0.05, 0) is 57.8 Å². The third-order valence-corrected chi connectivity index (χ3v) is 19.9. The second-order valence-corrected chi connectivity index (χ2v) is 28.5. The largest absolute Gasteiger partial charge is 0.394 e. The fourth-order valence-electron chi connectivity index (χ4n) is 13.5. The van der Waals surface area contributed by atoms with Gasteiger partial charge in [0.15, 0.2) is 18.9 Å². The number of hydrogen-bond acceptors (Lipinski definition) is 18. The normalized spacial score (nSPS) is 27.0. The minimum Gasteiger partial charge on any atom is -0.394 e. The van der Waals surface area contributed by atoms with E-state index in [0.29, 0.717) is 12.8 Å². The van der Waals surface area contributed by atoms with Gasteiger partial charge in [-0.25, -0.2) is 0 Å². The van der Waals surface area contributed by atoms with Crippen molar-refractivity contribution in [1.29, 1.82) is 0 Å². The van der Waals surface area contributed by atoms with E-state index in [1.165, 1.54) is 238 Å². The Morgan fingerprint density at radius 1 is 0.361 bits per heavy atom. The molecule has 0 aliphatic carbocycles. The molecule has 12 N–H and O–H groups in total. The first kappa shape index (κ1) is 89.2. The monoisotopic (exact) mass is 1380 g/mol. The molecule has 1 amide bonds. The maximum atomic E-state index is 13.4. The quantitative estimate of drug-likeness (QED) is 0.0199. The van der Waals surface area contributed by atoms with Crippen LogP contribution >= 0.6 is 0 Å². The minimum atomic E-state index is -1.98. The van der Waals surface area contributed by atoms with Crippen LogP contribution in [0.2, 0.25) is 0 Å². The van der Waals surface area contributed by atoms with Gasteiger partial charge in [-0.3, -0.25) is 4.79 Å². The van der Waals surface area contributed by atoms with Gasteiger partial charge in [-0.1, -0.05) is 294 Å². The second kappa shape index (κ2) is 59.4. The molecule has 3 fully saturated rings. The molecule has 0 bridgehead atoms. The first-order chi connectivity index (χ1) is 47.3. The van der Waals surface area contributed by atoms with E-state index in [1.54, 1.807) is 6.08 Å². The zero-order valence-electron chi connectivity index (χ0n) is 60.8. The zero-order chi connectivity index (χ0) is 70.4. The van der Waals surface area contributed by atoms with Crippen molar-refractivity contribution in [3.05, 3.63) is 36.5 Å². The van der Waals surface area contributed by atoms with Crippen LogP contribution in [0.5, 0.6) is 0 Å². The van der Waals surface area contributed by atoms with E-state index in [0.717, 1.165) is 51.4 Å². The number of unbranched alkanes of at least 4 members (excludes halogenated alkanes) is 43. The van der Waals surface area contributed by atoms with Crippen molar-refractivity contribution in [1.82, 2.24) is 5.32 Å². The molecule has 0 radical (unpaired) electrons. The Labute approximate surface area is 587 Å². The second-order valence-electron chi connectivity index (χ2n) is 28.5. The van der Waals surface area contributed by atoms with E-state index < -0.39 is 124 Å². The molecule has 3 aliphatic rings. The van der Waals surface area contributed by atoms with Gasteiger partial charge in [-0.15, -0.1) is 0 Å². The highest BCUT2D eigenvalue weighted by Crippen LogP contribution is 2.33. The van der Waals surface area contributed by atoms with Crippen LogP contribution in [-0.4, -0.2) is 193 Å². The number of amides is 1. The molecule has 0 aromatic heterocycles. The Balaban J connectivity index is 1.38. The van der Waals surface area contributed by atoms with Crippen molar-refractivity contribution in [3.63, 3.8) is 0 Å². The Morgan fingerprint density at radius 3 is 1.03 bits per heavy atom. The van der Waals surface area contributed by atoms with Crippen molar-refractivity contribution < 1.29 is 89.4 Å². The van der Waals surface area contributed by atoms with Gasteiger partial charge < -0.3 is 89.9 Å². The van der Waals surface area contributed by atoms with Crippen LogP contribution in [0.3, 0.4) is 0 Å². The number of aliphatic hydroxyl groups excluding tert-OH is 11.